The first kappa shape index (κ1) is 20.9. The van der Waals surface area contributed by atoms with Gasteiger partial charge in [0.15, 0.2) is 0 Å². The van der Waals surface area contributed by atoms with Crippen LogP contribution in [0.4, 0.5) is 0 Å². The van der Waals surface area contributed by atoms with Crippen molar-refractivity contribution in [1.82, 2.24) is 24.9 Å². The molecular formula is C20H25N5O3S. The largest absolute Gasteiger partial charge is 0.497 e. The summed E-state index contributed by atoms with van der Waals surface area (Å²) in [5.74, 6) is 2.02. The Hall–Kier alpha value is -2.81. The summed E-state index contributed by atoms with van der Waals surface area (Å²) < 4.78 is 12.4. The molecule has 1 amide bonds. The highest BCUT2D eigenvalue weighted by atomic mass is 32.2. The number of nitrogens with zero attached hydrogens (tertiary/aromatic N) is 4. The number of rotatable bonds is 7. The van der Waals surface area contributed by atoms with Gasteiger partial charge in [-0.15, -0.1) is 5.10 Å². The van der Waals surface area contributed by atoms with Crippen molar-refractivity contribution in [3.05, 3.63) is 40.7 Å². The van der Waals surface area contributed by atoms with E-state index in [1.807, 2.05) is 45.9 Å². The van der Waals surface area contributed by atoms with Gasteiger partial charge in [0.2, 0.25) is 11.1 Å². The van der Waals surface area contributed by atoms with Crippen LogP contribution in [0.15, 0.2) is 23.4 Å². The van der Waals surface area contributed by atoms with Crippen molar-refractivity contribution in [3.8, 4) is 11.5 Å². The van der Waals surface area contributed by atoms with Gasteiger partial charge in [0, 0.05) is 17.0 Å². The lowest BCUT2D eigenvalue weighted by Crippen LogP contribution is -2.28. The molecule has 0 saturated heterocycles. The van der Waals surface area contributed by atoms with E-state index in [1.54, 1.807) is 18.7 Å². The summed E-state index contributed by atoms with van der Waals surface area (Å²) in [6, 6.07) is 5.27. The third-order valence-electron chi connectivity index (χ3n) is 4.85. The quantitative estimate of drug-likeness (QED) is 0.593. The van der Waals surface area contributed by atoms with E-state index in [-0.39, 0.29) is 17.7 Å². The fourth-order valence-electron chi connectivity index (χ4n) is 2.97. The van der Waals surface area contributed by atoms with Crippen molar-refractivity contribution < 1.29 is 14.3 Å². The Morgan fingerprint density at radius 1 is 1.21 bits per heavy atom. The number of methoxy groups -OCH3 is 2. The molecule has 1 aromatic carbocycles. The number of hydrogen-bond donors (Lipinski definition) is 1. The molecule has 0 saturated carbocycles. The lowest BCUT2D eigenvalue weighted by Gasteiger charge is -2.18. The SMILES string of the molecule is COc1ccc(OC)c([C@H](C)NC(=O)CSc2nc3nc(C)c(C)c(C)n3n2)c1. The van der Waals surface area contributed by atoms with Gasteiger partial charge in [-0.25, -0.2) is 9.50 Å². The van der Waals surface area contributed by atoms with Crippen LogP contribution in [-0.2, 0) is 4.79 Å². The normalized spacial score (nSPS) is 12.1. The molecule has 0 fully saturated rings. The van der Waals surface area contributed by atoms with E-state index in [4.69, 9.17) is 9.47 Å². The minimum absolute atomic E-state index is 0.122. The highest BCUT2D eigenvalue weighted by Crippen LogP contribution is 2.29. The Labute approximate surface area is 174 Å². The van der Waals surface area contributed by atoms with Gasteiger partial charge in [0.25, 0.3) is 5.78 Å². The van der Waals surface area contributed by atoms with E-state index in [0.717, 1.165) is 22.5 Å². The molecule has 0 aliphatic carbocycles. The Morgan fingerprint density at radius 2 is 1.97 bits per heavy atom. The summed E-state index contributed by atoms with van der Waals surface area (Å²) in [5, 5.41) is 7.97. The van der Waals surface area contributed by atoms with Gasteiger partial charge in [0.05, 0.1) is 26.0 Å². The molecule has 0 spiro atoms. The first-order chi connectivity index (χ1) is 13.8. The minimum Gasteiger partial charge on any atom is -0.497 e. The molecule has 3 rings (SSSR count). The van der Waals surface area contributed by atoms with Crippen molar-refractivity contribution in [1.29, 1.82) is 0 Å². The van der Waals surface area contributed by atoms with Crippen LogP contribution in [0, 0.1) is 20.8 Å². The van der Waals surface area contributed by atoms with Crippen LogP contribution >= 0.6 is 11.8 Å². The molecule has 0 aliphatic heterocycles. The van der Waals surface area contributed by atoms with Crippen LogP contribution in [0.5, 0.6) is 11.5 Å². The van der Waals surface area contributed by atoms with Gasteiger partial charge in [-0.2, -0.15) is 4.98 Å². The molecular weight excluding hydrogens is 390 g/mol. The zero-order chi connectivity index (χ0) is 21.1. The zero-order valence-electron chi connectivity index (χ0n) is 17.4. The number of fused-ring (bicyclic) bond motifs is 1. The van der Waals surface area contributed by atoms with Crippen LogP contribution < -0.4 is 14.8 Å². The van der Waals surface area contributed by atoms with E-state index in [9.17, 15) is 4.79 Å². The van der Waals surface area contributed by atoms with Crippen molar-refractivity contribution in [3.63, 3.8) is 0 Å². The van der Waals surface area contributed by atoms with Gasteiger partial charge in [-0.1, -0.05) is 11.8 Å². The maximum Gasteiger partial charge on any atom is 0.253 e. The molecule has 8 nitrogen and oxygen atoms in total. The Morgan fingerprint density at radius 3 is 2.66 bits per heavy atom. The number of hydrogen-bond acceptors (Lipinski definition) is 7. The minimum atomic E-state index is -0.239. The average molecular weight is 416 g/mol. The molecule has 3 aromatic rings. The molecule has 2 heterocycles. The third-order valence-corrected chi connectivity index (χ3v) is 5.69. The van der Waals surface area contributed by atoms with E-state index < -0.39 is 0 Å². The van der Waals surface area contributed by atoms with E-state index >= 15 is 0 Å². The lowest BCUT2D eigenvalue weighted by molar-refractivity contribution is -0.119. The number of carbonyl (C=O) groups excluding carboxylic acids is 1. The second-order valence-corrected chi connectivity index (χ2v) is 7.64. The molecule has 29 heavy (non-hydrogen) atoms. The second kappa shape index (κ2) is 8.69. The molecule has 9 heteroatoms. The van der Waals surface area contributed by atoms with Crippen molar-refractivity contribution in [2.24, 2.45) is 0 Å². The molecule has 154 valence electrons. The standard InChI is InChI=1S/C20H25N5O3S/c1-11-12(2)22-19-23-20(24-25(19)14(11)4)29-10-18(26)21-13(3)16-9-15(27-5)7-8-17(16)28-6/h7-9,13H,10H2,1-6H3,(H,21,26)/t13-/m0/s1. The highest BCUT2D eigenvalue weighted by molar-refractivity contribution is 7.99. The first-order valence-corrected chi connectivity index (χ1v) is 10.2. The van der Waals surface area contributed by atoms with E-state index in [1.165, 1.54) is 11.8 Å². The number of thioether (sulfide) groups is 1. The number of benzene rings is 1. The van der Waals surface area contributed by atoms with Gasteiger partial charge < -0.3 is 14.8 Å². The number of aromatic nitrogens is 4. The lowest BCUT2D eigenvalue weighted by atomic mass is 10.1. The van der Waals surface area contributed by atoms with Crippen LogP contribution in [0.3, 0.4) is 0 Å². The maximum absolute atomic E-state index is 12.5. The number of nitrogens with one attached hydrogen (secondary N) is 1. The van der Waals surface area contributed by atoms with Gasteiger partial charge in [0.1, 0.15) is 11.5 Å². The number of amides is 1. The van der Waals surface area contributed by atoms with Crippen LogP contribution in [0.1, 0.15) is 35.5 Å². The van der Waals surface area contributed by atoms with Crippen LogP contribution in [0.2, 0.25) is 0 Å². The van der Waals surface area contributed by atoms with Crippen molar-refractivity contribution in [2.45, 2.75) is 38.9 Å². The van der Waals surface area contributed by atoms with Crippen molar-refractivity contribution in [2.75, 3.05) is 20.0 Å². The van der Waals surface area contributed by atoms with E-state index in [0.29, 0.717) is 22.4 Å². The fraction of sp³-hybridized carbons (Fsp3) is 0.400. The monoisotopic (exact) mass is 415 g/mol. The first-order valence-electron chi connectivity index (χ1n) is 9.18. The highest BCUT2D eigenvalue weighted by Gasteiger charge is 2.17. The summed E-state index contributed by atoms with van der Waals surface area (Å²) in [4.78, 5) is 21.3. The Bertz CT molecular complexity index is 1050. The van der Waals surface area contributed by atoms with Crippen molar-refractivity contribution >= 4 is 23.4 Å². The topological polar surface area (TPSA) is 90.6 Å². The number of ether oxygens (including phenoxy) is 2. The molecule has 1 N–H and O–H groups in total. The summed E-state index contributed by atoms with van der Waals surface area (Å²) in [5.41, 5.74) is 3.85. The van der Waals surface area contributed by atoms with Crippen LogP contribution in [-0.4, -0.2) is 45.5 Å². The van der Waals surface area contributed by atoms with Gasteiger partial charge >= 0.3 is 0 Å². The van der Waals surface area contributed by atoms with E-state index in [2.05, 4.69) is 20.4 Å². The third kappa shape index (κ3) is 4.45. The summed E-state index contributed by atoms with van der Waals surface area (Å²) in [7, 11) is 3.21. The molecule has 2 aromatic heterocycles. The summed E-state index contributed by atoms with van der Waals surface area (Å²) in [6.07, 6.45) is 0. The predicted octanol–water partition coefficient (Wildman–Crippen LogP) is 3.04. The molecule has 1 atom stereocenters. The fourth-order valence-corrected chi connectivity index (χ4v) is 3.60. The molecule has 0 radical (unpaired) electrons. The molecule has 0 unspecified atom stereocenters. The second-order valence-electron chi connectivity index (χ2n) is 6.70. The number of aryl methyl sites for hydroxylation is 2. The summed E-state index contributed by atoms with van der Waals surface area (Å²) >= 11 is 1.28. The van der Waals surface area contributed by atoms with Gasteiger partial charge in [-0.3, -0.25) is 4.79 Å². The Balaban J connectivity index is 1.67. The Kier molecular flexibility index (Phi) is 6.26. The van der Waals surface area contributed by atoms with Gasteiger partial charge in [-0.05, 0) is 51.5 Å². The average Bonchev–Trinajstić information content (AvgIpc) is 3.13. The summed E-state index contributed by atoms with van der Waals surface area (Å²) in [6.45, 7) is 7.84. The number of carbonyl (C=O) groups is 1. The smallest absolute Gasteiger partial charge is 0.253 e. The molecule has 0 aliphatic rings. The zero-order valence-corrected chi connectivity index (χ0v) is 18.3. The predicted molar refractivity (Wildman–Crippen MR) is 112 cm³/mol. The molecule has 0 bridgehead atoms. The maximum atomic E-state index is 12.5. The van der Waals surface area contributed by atoms with Crippen LogP contribution in [0.25, 0.3) is 5.78 Å².